The number of halogens is 3. The Balaban J connectivity index is 1.66. The molecule has 170 valence electrons. The number of nitrogens with zero attached hydrogens (tertiary/aromatic N) is 4. The van der Waals surface area contributed by atoms with Gasteiger partial charge in [0.15, 0.2) is 0 Å². The topological polar surface area (TPSA) is 54.1 Å². The summed E-state index contributed by atoms with van der Waals surface area (Å²) in [4.78, 5) is 5.88. The molecule has 4 rings (SSSR count). The van der Waals surface area contributed by atoms with Crippen molar-refractivity contribution in [2.24, 2.45) is 0 Å². The number of allylic oxidation sites excluding steroid dienone is 1. The molecule has 2 aromatic carbocycles. The van der Waals surface area contributed by atoms with Crippen LogP contribution in [-0.2, 0) is 17.5 Å². The molecule has 2 atom stereocenters. The normalized spacial score (nSPS) is 18.5. The third kappa shape index (κ3) is 5.10. The smallest absolute Gasteiger partial charge is 0.371 e. The van der Waals surface area contributed by atoms with Crippen molar-refractivity contribution in [3.05, 3.63) is 90.0 Å². The second-order valence-corrected chi connectivity index (χ2v) is 7.94. The molecule has 0 aliphatic heterocycles. The highest BCUT2D eigenvalue weighted by molar-refractivity contribution is 5.58. The molecule has 0 saturated heterocycles. The average molecular weight is 452 g/mol. The Kier molecular flexibility index (Phi) is 6.52. The summed E-state index contributed by atoms with van der Waals surface area (Å²) in [5.41, 5.74) is 1.07. The molecule has 1 aromatic heterocycles. The Morgan fingerprint density at radius 1 is 1.21 bits per heavy atom. The molecule has 8 heteroatoms. The molecule has 0 amide bonds. The lowest BCUT2D eigenvalue weighted by Gasteiger charge is -2.38. The Hall–Kier alpha value is -3.57. The first kappa shape index (κ1) is 22.6. The zero-order valence-corrected chi connectivity index (χ0v) is 18.0. The van der Waals surface area contributed by atoms with Crippen LogP contribution in [0.2, 0.25) is 0 Å². The van der Waals surface area contributed by atoms with E-state index in [-0.39, 0.29) is 12.1 Å². The molecule has 1 aliphatic rings. The number of hydrogen-bond donors (Lipinski definition) is 0. The van der Waals surface area contributed by atoms with Crippen molar-refractivity contribution < 1.29 is 17.9 Å². The monoisotopic (exact) mass is 452 g/mol. The summed E-state index contributed by atoms with van der Waals surface area (Å²) in [7, 11) is 1.75. The van der Waals surface area contributed by atoms with Crippen molar-refractivity contribution >= 4 is 11.4 Å². The van der Waals surface area contributed by atoms with E-state index in [1.54, 1.807) is 36.6 Å². The SMILES string of the molecule is CN(c1ccc(C#N)c(C(F)(F)F)c1)C1C=C(n2ccnc2)CCC1OCc1ccccc1. The molecule has 3 aromatic rings. The Bertz CT molecular complexity index is 1150. The number of anilines is 1. The van der Waals surface area contributed by atoms with Crippen LogP contribution in [0, 0.1) is 11.3 Å². The average Bonchev–Trinajstić information content (AvgIpc) is 3.37. The molecule has 0 bridgehead atoms. The van der Waals surface area contributed by atoms with Gasteiger partial charge in [-0.05, 0) is 42.7 Å². The van der Waals surface area contributed by atoms with Gasteiger partial charge in [0, 0.05) is 30.8 Å². The van der Waals surface area contributed by atoms with E-state index in [1.807, 2.05) is 47.2 Å². The lowest BCUT2D eigenvalue weighted by molar-refractivity contribution is -0.137. The summed E-state index contributed by atoms with van der Waals surface area (Å²) >= 11 is 0. The van der Waals surface area contributed by atoms with Crippen LogP contribution < -0.4 is 4.90 Å². The maximum absolute atomic E-state index is 13.5. The summed E-state index contributed by atoms with van der Waals surface area (Å²) < 4.78 is 48.8. The van der Waals surface area contributed by atoms with Gasteiger partial charge in [-0.25, -0.2) is 4.98 Å². The third-order valence-corrected chi connectivity index (χ3v) is 5.86. The van der Waals surface area contributed by atoms with Gasteiger partial charge in [0.1, 0.15) is 0 Å². The number of imidazole rings is 1. The van der Waals surface area contributed by atoms with Crippen LogP contribution in [0.3, 0.4) is 0 Å². The summed E-state index contributed by atoms with van der Waals surface area (Å²) in [5.74, 6) is 0. The van der Waals surface area contributed by atoms with Crippen molar-refractivity contribution in [3.8, 4) is 6.07 Å². The minimum Gasteiger partial charge on any atom is -0.371 e. The molecule has 1 aliphatic carbocycles. The highest BCUT2D eigenvalue weighted by Crippen LogP contribution is 2.36. The van der Waals surface area contributed by atoms with Crippen LogP contribution >= 0.6 is 0 Å². The van der Waals surface area contributed by atoms with E-state index in [0.717, 1.165) is 23.7 Å². The molecular formula is C25H23F3N4O. The molecule has 0 saturated carbocycles. The number of benzene rings is 2. The van der Waals surface area contributed by atoms with Crippen LogP contribution in [0.5, 0.6) is 0 Å². The first-order valence-corrected chi connectivity index (χ1v) is 10.6. The maximum atomic E-state index is 13.5. The van der Waals surface area contributed by atoms with Crippen molar-refractivity contribution in [2.45, 2.75) is 37.8 Å². The molecule has 0 fully saturated rings. The van der Waals surface area contributed by atoms with E-state index in [4.69, 9.17) is 10.00 Å². The second kappa shape index (κ2) is 9.51. The van der Waals surface area contributed by atoms with Gasteiger partial charge in [-0.2, -0.15) is 18.4 Å². The summed E-state index contributed by atoms with van der Waals surface area (Å²) in [5, 5.41) is 9.12. The standard InChI is InChI=1S/C25H23F3N4O/c1-31(20-8-7-19(15-29)22(13-20)25(26,27)28)23-14-21(32-12-11-30-17-32)9-10-24(23)33-16-18-5-3-2-4-6-18/h2-8,11-14,17,23-24H,9-10,16H2,1H3. The Morgan fingerprint density at radius 2 is 2.00 bits per heavy atom. The predicted molar refractivity (Wildman–Crippen MR) is 119 cm³/mol. The predicted octanol–water partition coefficient (Wildman–Crippen LogP) is 5.50. The number of ether oxygens (including phenoxy) is 1. The summed E-state index contributed by atoms with van der Waals surface area (Å²) in [6, 6.07) is 14.9. The minimum absolute atomic E-state index is 0.229. The van der Waals surface area contributed by atoms with Crippen LogP contribution in [0.25, 0.3) is 5.70 Å². The Labute approximate surface area is 190 Å². The van der Waals surface area contributed by atoms with E-state index in [0.29, 0.717) is 18.7 Å². The highest BCUT2D eigenvalue weighted by atomic mass is 19.4. The molecular weight excluding hydrogens is 429 g/mol. The Morgan fingerprint density at radius 3 is 2.67 bits per heavy atom. The largest absolute Gasteiger partial charge is 0.417 e. The van der Waals surface area contributed by atoms with Crippen molar-refractivity contribution in [1.29, 1.82) is 5.26 Å². The quantitative estimate of drug-likeness (QED) is 0.496. The fraction of sp³-hybridized carbons (Fsp3) is 0.280. The number of alkyl halides is 3. The third-order valence-electron chi connectivity index (χ3n) is 5.86. The molecule has 0 radical (unpaired) electrons. The van der Waals surface area contributed by atoms with Gasteiger partial charge < -0.3 is 14.2 Å². The van der Waals surface area contributed by atoms with Gasteiger partial charge in [0.25, 0.3) is 0 Å². The van der Waals surface area contributed by atoms with Gasteiger partial charge in [-0.1, -0.05) is 30.3 Å². The molecule has 0 N–H and O–H groups in total. The van der Waals surface area contributed by atoms with Crippen LogP contribution in [0.1, 0.15) is 29.5 Å². The first-order chi connectivity index (χ1) is 15.9. The number of rotatable bonds is 6. The van der Waals surface area contributed by atoms with Crippen molar-refractivity contribution in [2.75, 3.05) is 11.9 Å². The summed E-state index contributed by atoms with van der Waals surface area (Å²) in [6.07, 6.45) is 3.87. The van der Waals surface area contributed by atoms with Gasteiger partial charge in [-0.3, -0.25) is 0 Å². The molecule has 0 spiro atoms. The minimum atomic E-state index is -4.62. The fourth-order valence-electron chi connectivity index (χ4n) is 4.07. The number of nitriles is 1. The molecule has 1 heterocycles. The number of aromatic nitrogens is 2. The van der Waals surface area contributed by atoms with Crippen LogP contribution in [-0.4, -0.2) is 28.7 Å². The summed E-state index contributed by atoms with van der Waals surface area (Å²) in [6.45, 7) is 0.408. The van der Waals surface area contributed by atoms with Gasteiger partial charge >= 0.3 is 6.18 Å². The molecule has 2 unspecified atom stereocenters. The maximum Gasteiger partial charge on any atom is 0.417 e. The van der Waals surface area contributed by atoms with Gasteiger partial charge in [0.2, 0.25) is 0 Å². The van der Waals surface area contributed by atoms with Gasteiger partial charge in [0.05, 0.1) is 42.3 Å². The van der Waals surface area contributed by atoms with Crippen molar-refractivity contribution in [1.82, 2.24) is 9.55 Å². The number of hydrogen-bond acceptors (Lipinski definition) is 4. The molecule has 33 heavy (non-hydrogen) atoms. The van der Waals surface area contributed by atoms with Crippen molar-refractivity contribution in [3.63, 3.8) is 0 Å². The lowest BCUT2D eigenvalue weighted by atomic mass is 9.94. The van der Waals surface area contributed by atoms with E-state index in [2.05, 4.69) is 4.98 Å². The van der Waals surface area contributed by atoms with Crippen LogP contribution in [0.4, 0.5) is 18.9 Å². The van der Waals surface area contributed by atoms with E-state index in [9.17, 15) is 13.2 Å². The zero-order valence-electron chi connectivity index (χ0n) is 18.0. The first-order valence-electron chi connectivity index (χ1n) is 10.6. The number of likely N-dealkylation sites (N-methyl/N-ethyl adjacent to an activating group) is 1. The van der Waals surface area contributed by atoms with E-state index < -0.39 is 17.3 Å². The highest BCUT2D eigenvalue weighted by Gasteiger charge is 2.35. The fourth-order valence-corrected chi connectivity index (χ4v) is 4.07. The van der Waals surface area contributed by atoms with Gasteiger partial charge in [-0.15, -0.1) is 0 Å². The lowest BCUT2D eigenvalue weighted by Crippen LogP contribution is -2.43. The van der Waals surface area contributed by atoms with E-state index >= 15 is 0 Å². The van der Waals surface area contributed by atoms with E-state index in [1.165, 1.54) is 6.07 Å². The zero-order chi connectivity index (χ0) is 23.4. The van der Waals surface area contributed by atoms with Crippen LogP contribution in [0.15, 0.2) is 73.3 Å². The second-order valence-electron chi connectivity index (χ2n) is 7.94. The molecule has 5 nitrogen and oxygen atoms in total.